The second kappa shape index (κ2) is 4.26. The minimum atomic E-state index is -0.747. The molecule has 0 bridgehead atoms. The monoisotopic (exact) mass is 452 g/mol. The highest BCUT2D eigenvalue weighted by Crippen LogP contribution is 2.34. The molecule has 0 aliphatic carbocycles. The van der Waals surface area contributed by atoms with Crippen LogP contribution in [0.4, 0.5) is 0 Å². The normalized spacial score (nSPS) is 12.0. The van der Waals surface area contributed by atoms with Gasteiger partial charge in [0.25, 0.3) is 0.564 Å². The summed E-state index contributed by atoms with van der Waals surface area (Å²) in [7, 11) is 0. The predicted octanol–water partition coefficient (Wildman–Crippen LogP) is 3.64. The molecular formula is C3H7I3Si. The van der Waals surface area contributed by atoms with Crippen molar-refractivity contribution >= 4 is 66.0 Å². The highest BCUT2D eigenvalue weighted by atomic mass is 127. The zero-order valence-corrected chi connectivity index (χ0v) is 11.5. The molecule has 0 aliphatic heterocycles. The van der Waals surface area contributed by atoms with Crippen LogP contribution in [0.2, 0.25) is 6.04 Å². The summed E-state index contributed by atoms with van der Waals surface area (Å²) in [4.78, 5) is 0. The molecular weight excluding hydrogens is 445 g/mol. The topological polar surface area (TPSA) is 0 Å². The summed E-state index contributed by atoms with van der Waals surface area (Å²) in [5.74, 6) is 0. The highest BCUT2D eigenvalue weighted by Gasteiger charge is 2.18. The summed E-state index contributed by atoms with van der Waals surface area (Å²) in [5, 5.41) is 0. The van der Waals surface area contributed by atoms with Crippen LogP contribution in [0.15, 0.2) is 0 Å². The van der Waals surface area contributed by atoms with E-state index < -0.39 is 0.564 Å². The third-order valence-corrected chi connectivity index (χ3v) is 6.45. The van der Waals surface area contributed by atoms with Crippen molar-refractivity contribution in [3.8, 4) is 0 Å². The predicted molar refractivity (Wildman–Crippen MR) is 62.9 cm³/mol. The quantitative estimate of drug-likeness (QED) is 0.342. The standard InChI is InChI=1S/C3H7I3Si/c1-2-3-7(4,5)6/h2-3H2,1H3. The van der Waals surface area contributed by atoms with Gasteiger partial charge in [-0.3, -0.25) is 0 Å². The van der Waals surface area contributed by atoms with Crippen LogP contribution in [0.5, 0.6) is 0 Å². The summed E-state index contributed by atoms with van der Waals surface area (Å²) in [6.07, 6.45) is 1.35. The van der Waals surface area contributed by atoms with E-state index in [2.05, 4.69) is 72.3 Å². The number of hydrogen-bond acceptors (Lipinski definition) is 0. The van der Waals surface area contributed by atoms with E-state index in [1.54, 1.807) is 0 Å². The Morgan fingerprint density at radius 3 is 1.71 bits per heavy atom. The van der Waals surface area contributed by atoms with Crippen LogP contribution in [-0.4, -0.2) is 0.564 Å². The molecule has 0 spiro atoms. The molecule has 0 heterocycles. The summed E-state index contributed by atoms with van der Waals surface area (Å²) < 4.78 is -0.747. The first-order valence-electron chi connectivity index (χ1n) is 2.13. The molecule has 0 aliphatic rings. The maximum atomic E-state index is 2.59. The minimum Gasteiger partial charge on any atom is -0.0909 e. The lowest BCUT2D eigenvalue weighted by molar-refractivity contribution is 1.08. The Labute approximate surface area is 83.9 Å². The van der Waals surface area contributed by atoms with Gasteiger partial charge < -0.3 is 0 Å². The molecule has 0 N–H and O–H groups in total. The third-order valence-electron chi connectivity index (χ3n) is 0.533. The van der Waals surface area contributed by atoms with Crippen LogP contribution in [0.1, 0.15) is 13.3 Å². The second-order valence-corrected chi connectivity index (χ2v) is 38.2. The Kier molecular flexibility index (Phi) is 5.72. The van der Waals surface area contributed by atoms with Crippen LogP contribution in [-0.2, 0) is 0 Å². The molecule has 0 atom stereocenters. The van der Waals surface area contributed by atoms with Gasteiger partial charge >= 0.3 is 0 Å². The van der Waals surface area contributed by atoms with Gasteiger partial charge in [0.15, 0.2) is 0 Å². The van der Waals surface area contributed by atoms with Gasteiger partial charge in [-0.1, -0.05) is 78.7 Å². The van der Waals surface area contributed by atoms with E-state index in [9.17, 15) is 0 Å². The van der Waals surface area contributed by atoms with Crippen molar-refractivity contribution in [2.24, 2.45) is 0 Å². The molecule has 0 saturated heterocycles. The van der Waals surface area contributed by atoms with Gasteiger partial charge in [0.05, 0.1) is 0 Å². The van der Waals surface area contributed by atoms with Crippen LogP contribution in [0.3, 0.4) is 0 Å². The van der Waals surface area contributed by atoms with Crippen molar-refractivity contribution in [3.05, 3.63) is 0 Å². The van der Waals surface area contributed by atoms with Crippen molar-refractivity contribution in [2.45, 2.75) is 19.4 Å². The molecule has 0 rings (SSSR count). The number of rotatable bonds is 2. The van der Waals surface area contributed by atoms with E-state index >= 15 is 0 Å². The Morgan fingerprint density at radius 1 is 1.29 bits per heavy atom. The van der Waals surface area contributed by atoms with Gasteiger partial charge in [-0.25, -0.2) is 0 Å². The van der Waals surface area contributed by atoms with Crippen molar-refractivity contribution in [1.29, 1.82) is 0 Å². The van der Waals surface area contributed by atoms with Gasteiger partial charge in [0.2, 0.25) is 0 Å². The SMILES string of the molecule is CCC[Si](I)(I)I. The average molecular weight is 452 g/mol. The molecule has 0 aromatic rings. The molecule has 4 heteroatoms. The lowest BCUT2D eigenvalue weighted by Gasteiger charge is -2.04. The fourth-order valence-electron chi connectivity index (χ4n) is 0.283. The molecule has 44 valence electrons. The largest absolute Gasteiger partial charge is 0.253 e. The Hall–Kier alpha value is 2.41. The molecule has 0 aromatic carbocycles. The molecule has 0 saturated carbocycles. The van der Waals surface area contributed by atoms with E-state index in [0.29, 0.717) is 0 Å². The lowest BCUT2D eigenvalue weighted by Crippen LogP contribution is -2.02. The van der Waals surface area contributed by atoms with E-state index in [-0.39, 0.29) is 0 Å². The van der Waals surface area contributed by atoms with Gasteiger partial charge in [-0.2, -0.15) is 0 Å². The zero-order valence-electron chi connectivity index (χ0n) is 4.05. The third kappa shape index (κ3) is 8.41. The average Bonchev–Trinajstić information content (AvgIpc) is 1.30. The second-order valence-electron chi connectivity index (χ2n) is 1.37. The van der Waals surface area contributed by atoms with E-state index in [1.165, 1.54) is 12.5 Å². The summed E-state index contributed by atoms with van der Waals surface area (Å²) in [6, 6.07) is 1.44. The molecule has 0 amide bonds. The van der Waals surface area contributed by atoms with Gasteiger partial charge in [-0.15, -0.1) is 0 Å². The summed E-state index contributed by atoms with van der Waals surface area (Å²) in [5.41, 5.74) is 0. The fraction of sp³-hybridized carbons (Fsp3) is 1.00. The van der Waals surface area contributed by atoms with Gasteiger partial charge in [-0.05, 0) is 6.04 Å². The molecule has 0 aromatic heterocycles. The minimum absolute atomic E-state index is 0.747. The number of hydrogen-bond donors (Lipinski definition) is 0. The smallest absolute Gasteiger partial charge is 0.0909 e. The van der Waals surface area contributed by atoms with Crippen molar-refractivity contribution in [3.63, 3.8) is 0 Å². The molecule has 0 radical (unpaired) electrons. The van der Waals surface area contributed by atoms with E-state index in [4.69, 9.17) is 0 Å². The van der Waals surface area contributed by atoms with Crippen LogP contribution >= 0.6 is 65.4 Å². The van der Waals surface area contributed by atoms with Crippen molar-refractivity contribution < 1.29 is 0 Å². The Balaban J connectivity index is 3.15. The first-order valence-corrected chi connectivity index (χ1v) is 13.7. The first kappa shape index (κ1) is 9.41. The molecule has 0 nitrogen and oxygen atoms in total. The molecule has 0 unspecified atom stereocenters. The Morgan fingerprint density at radius 2 is 1.71 bits per heavy atom. The van der Waals surface area contributed by atoms with Crippen LogP contribution < -0.4 is 0 Å². The zero-order chi connectivity index (χ0) is 5.91. The van der Waals surface area contributed by atoms with Crippen LogP contribution in [0.25, 0.3) is 0 Å². The maximum absolute atomic E-state index is 2.59. The summed E-state index contributed by atoms with van der Waals surface area (Å²) >= 11 is 7.77. The summed E-state index contributed by atoms with van der Waals surface area (Å²) in [6.45, 7) is 2.25. The van der Waals surface area contributed by atoms with Crippen LogP contribution in [0, 0.1) is 0 Å². The number of halogens is 3. The van der Waals surface area contributed by atoms with Gasteiger partial charge in [0.1, 0.15) is 0 Å². The first-order chi connectivity index (χ1) is 3.06. The van der Waals surface area contributed by atoms with Gasteiger partial charge in [0, 0.05) is 0 Å². The van der Waals surface area contributed by atoms with Crippen molar-refractivity contribution in [1.82, 2.24) is 0 Å². The van der Waals surface area contributed by atoms with E-state index in [0.717, 1.165) is 0 Å². The molecule has 7 heavy (non-hydrogen) atoms. The molecule has 0 fully saturated rings. The van der Waals surface area contributed by atoms with Crippen molar-refractivity contribution in [2.75, 3.05) is 0 Å². The lowest BCUT2D eigenvalue weighted by atomic mass is 10.6. The highest BCUT2D eigenvalue weighted by molar-refractivity contribution is 14.4. The van der Waals surface area contributed by atoms with E-state index in [1.807, 2.05) is 0 Å². The Bertz CT molecular complexity index is 48.6. The maximum Gasteiger partial charge on any atom is 0.253 e. The fourth-order valence-corrected chi connectivity index (χ4v) is 5.70.